The number of para-hydroxylation sites is 1. The number of carboxylic acids is 1. The number of carbonyl (C=O) groups is 2. The zero-order chi connectivity index (χ0) is 18.5. The molecule has 0 saturated carbocycles. The van der Waals surface area contributed by atoms with Crippen molar-refractivity contribution in [2.75, 3.05) is 19.8 Å². The molecule has 1 aliphatic rings. The minimum Gasteiger partial charge on any atom is -0.481 e. The third-order valence-corrected chi connectivity index (χ3v) is 4.69. The molecule has 1 aromatic heterocycles. The summed E-state index contributed by atoms with van der Waals surface area (Å²) in [5, 5.41) is 13.9. The van der Waals surface area contributed by atoms with E-state index in [-0.39, 0.29) is 30.6 Å². The van der Waals surface area contributed by atoms with E-state index in [1.807, 2.05) is 18.2 Å². The molecule has 0 spiro atoms. The molecule has 3 rings (SSSR count). The van der Waals surface area contributed by atoms with Crippen LogP contribution in [0.3, 0.4) is 0 Å². The number of nitrogens with zero attached hydrogens (tertiary/aromatic N) is 3. The minimum absolute atomic E-state index is 0.0407. The second kappa shape index (κ2) is 8.33. The maximum Gasteiger partial charge on any atom is 0.305 e. The summed E-state index contributed by atoms with van der Waals surface area (Å²) in [5.41, 5.74) is 0.943. The Balaban J connectivity index is 1.82. The first-order chi connectivity index (χ1) is 12.6. The highest BCUT2D eigenvalue weighted by atomic mass is 35.5. The molecular formula is C18H20ClN3O4. The monoisotopic (exact) mass is 377 g/mol. The lowest BCUT2D eigenvalue weighted by Gasteiger charge is -2.33. The SMILES string of the molecule is O=C(O)CCN(C(=O)c1ccn(-c2ccccc2Cl)n1)C1CCOCC1. The molecule has 2 aromatic rings. The first kappa shape index (κ1) is 18.4. The molecular weight excluding hydrogens is 358 g/mol. The molecule has 26 heavy (non-hydrogen) atoms. The second-order valence-corrected chi connectivity index (χ2v) is 6.49. The van der Waals surface area contributed by atoms with Crippen LogP contribution in [0.2, 0.25) is 5.02 Å². The van der Waals surface area contributed by atoms with E-state index in [1.165, 1.54) is 0 Å². The fourth-order valence-corrected chi connectivity index (χ4v) is 3.24. The van der Waals surface area contributed by atoms with Crippen molar-refractivity contribution in [3.05, 3.63) is 47.2 Å². The van der Waals surface area contributed by atoms with Crippen LogP contribution in [-0.2, 0) is 9.53 Å². The van der Waals surface area contributed by atoms with Gasteiger partial charge in [-0.25, -0.2) is 4.68 Å². The number of ether oxygens (including phenoxy) is 1. The molecule has 8 heteroatoms. The fourth-order valence-electron chi connectivity index (χ4n) is 3.02. The molecule has 0 radical (unpaired) electrons. The van der Waals surface area contributed by atoms with Gasteiger partial charge < -0.3 is 14.7 Å². The molecule has 7 nitrogen and oxygen atoms in total. The van der Waals surface area contributed by atoms with E-state index in [2.05, 4.69) is 5.10 Å². The van der Waals surface area contributed by atoms with Gasteiger partial charge in [-0.1, -0.05) is 23.7 Å². The molecule has 1 aromatic carbocycles. The van der Waals surface area contributed by atoms with E-state index >= 15 is 0 Å². The van der Waals surface area contributed by atoms with Crippen LogP contribution in [-0.4, -0.2) is 57.5 Å². The van der Waals surface area contributed by atoms with Crippen LogP contribution in [0.5, 0.6) is 0 Å². The number of hydrogen-bond donors (Lipinski definition) is 1. The number of aliphatic carboxylic acids is 1. The Kier molecular flexibility index (Phi) is 5.90. The second-order valence-electron chi connectivity index (χ2n) is 6.08. The van der Waals surface area contributed by atoms with Gasteiger partial charge in [0.15, 0.2) is 5.69 Å². The van der Waals surface area contributed by atoms with Gasteiger partial charge in [0.2, 0.25) is 0 Å². The van der Waals surface area contributed by atoms with Crippen molar-refractivity contribution < 1.29 is 19.4 Å². The van der Waals surface area contributed by atoms with Crippen molar-refractivity contribution >= 4 is 23.5 Å². The molecule has 1 amide bonds. The third-order valence-electron chi connectivity index (χ3n) is 4.37. The summed E-state index contributed by atoms with van der Waals surface area (Å²) in [4.78, 5) is 25.6. The molecule has 1 aliphatic heterocycles. The Hall–Kier alpha value is -2.38. The lowest BCUT2D eigenvalue weighted by molar-refractivity contribution is -0.137. The predicted octanol–water partition coefficient (Wildman–Crippen LogP) is 2.62. The molecule has 1 N–H and O–H groups in total. The largest absolute Gasteiger partial charge is 0.481 e. The maximum atomic E-state index is 13.0. The van der Waals surface area contributed by atoms with Gasteiger partial charge in [0.05, 0.1) is 17.1 Å². The molecule has 0 aliphatic carbocycles. The Morgan fingerprint density at radius 3 is 2.69 bits per heavy atom. The molecule has 1 saturated heterocycles. The zero-order valence-electron chi connectivity index (χ0n) is 14.2. The summed E-state index contributed by atoms with van der Waals surface area (Å²) in [6.07, 6.45) is 2.95. The first-order valence-corrected chi connectivity index (χ1v) is 8.85. The number of carbonyl (C=O) groups excluding carboxylic acids is 1. The van der Waals surface area contributed by atoms with E-state index in [0.29, 0.717) is 36.8 Å². The lowest BCUT2D eigenvalue weighted by atomic mass is 10.1. The van der Waals surface area contributed by atoms with Crippen molar-refractivity contribution in [2.45, 2.75) is 25.3 Å². The summed E-state index contributed by atoms with van der Waals surface area (Å²) in [6.45, 7) is 1.28. The summed E-state index contributed by atoms with van der Waals surface area (Å²) >= 11 is 6.18. The van der Waals surface area contributed by atoms with Gasteiger partial charge in [0.1, 0.15) is 0 Å². The summed E-state index contributed by atoms with van der Waals surface area (Å²) in [6, 6.07) is 8.80. The van der Waals surface area contributed by atoms with Crippen LogP contribution in [0, 0.1) is 0 Å². The normalized spacial score (nSPS) is 15.0. The highest BCUT2D eigenvalue weighted by molar-refractivity contribution is 6.32. The van der Waals surface area contributed by atoms with Crippen LogP contribution in [0.15, 0.2) is 36.5 Å². The van der Waals surface area contributed by atoms with Crippen molar-refractivity contribution in [1.29, 1.82) is 0 Å². The van der Waals surface area contributed by atoms with Crippen LogP contribution in [0.25, 0.3) is 5.69 Å². The number of carboxylic acid groups (broad SMARTS) is 1. The van der Waals surface area contributed by atoms with E-state index < -0.39 is 5.97 Å². The average molecular weight is 378 g/mol. The Morgan fingerprint density at radius 1 is 1.27 bits per heavy atom. The quantitative estimate of drug-likeness (QED) is 0.836. The van der Waals surface area contributed by atoms with Gasteiger partial charge in [0, 0.05) is 32.0 Å². The topological polar surface area (TPSA) is 84.7 Å². The van der Waals surface area contributed by atoms with Crippen molar-refractivity contribution in [1.82, 2.24) is 14.7 Å². The minimum atomic E-state index is -0.934. The zero-order valence-corrected chi connectivity index (χ0v) is 14.9. The standard InChI is InChI=1S/C18H20ClN3O4/c19-14-3-1-2-4-16(14)22-10-5-15(20-22)18(25)21(9-6-17(23)24)13-7-11-26-12-8-13/h1-5,10,13H,6-9,11-12H2,(H,23,24). The number of hydrogen-bond acceptors (Lipinski definition) is 4. The van der Waals surface area contributed by atoms with Crippen LogP contribution >= 0.6 is 11.6 Å². The van der Waals surface area contributed by atoms with Crippen molar-refractivity contribution in [3.63, 3.8) is 0 Å². The first-order valence-electron chi connectivity index (χ1n) is 8.47. The number of amides is 1. The fraction of sp³-hybridized carbons (Fsp3) is 0.389. The number of rotatable bonds is 6. The summed E-state index contributed by atoms with van der Waals surface area (Å²) in [7, 11) is 0. The molecule has 2 heterocycles. The third kappa shape index (κ3) is 4.23. The molecule has 0 unspecified atom stereocenters. The van der Waals surface area contributed by atoms with Gasteiger partial charge in [-0.3, -0.25) is 9.59 Å². The average Bonchev–Trinajstić information content (AvgIpc) is 3.12. The Morgan fingerprint density at radius 2 is 2.00 bits per heavy atom. The van der Waals surface area contributed by atoms with Gasteiger partial charge in [0.25, 0.3) is 5.91 Å². The highest BCUT2D eigenvalue weighted by Crippen LogP contribution is 2.21. The van der Waals surface area contributed by atoms with Gasteiger partial charge in [-0.2, -0.15) is 5.10 Å². The van der Waals surface area contributed by atoms with Gasteiger partial charge >= 0.3 is 5.97 Å². The van der Waals surface area contributed by atoms with E-state index in [9.17, 15) is 9.59 Å². The van der Waals surface area contributed by atoms with Gasteiger partial charge in [-0.15, -0.1) is 0 Å². The number of halogens is 1. The smallest absolute Gasteiger partial charge is 0.305 e. The number of aromatic nitrogens is 2. The van der Waals surface area contributed by atoms with Crippen LogP contribution < -0.4 is 0 Å². The lowest BCUT2D eigenvalue weighted by Crippen LogP contribution is -2.44. The molecule has 0 atom stereocenters. The van der Waals surface area contributed by atoms with E-state index in [1.54, 1.807) is 27.9 Å². The molecule has 0 bridgehead atoms. The van der Waals surface area contributed by atoms with E-state index in [4.69, 9.17) is 21.4 Å². The van der Waals surface area contributed by atoms with Crippen LogP contribution in [0.4, 0.5) is 0 Å². The number of benzene rings is 1. The molecule has 1 fully saturated rings. The Bertz CT molecular complexity index is 786. The summed E-state index contributed by atoms with van der Waals surface area (Å²) < 4.78 is 6.90. The van der Waals surface area contributed by atoms with Crippen molar-refractivity contribution in [3.8, 4) is 5.69 Å². The van der Waals surface area contributed by atoms with Crippen molar-refractivity contribution in [2.24, 2.45) is 0 Å². The predicted molar refractivity (Wildman–Crippen MR) is 95.7 cm³/mol. The maximum absolute atomic E-state index is 13.0. The molecule has 138 valence electrons. The van der Waals surface area contributed by atoms with E-state index in [0.717, 1.165) is 0 Å². The Labute approximate surface area is 156 Å². The van der Waals surface area contributed by atoms with Crippen LogP contribution in [0.1, 0.15) is 29.8 Å². The summed E-state index contributed by atoms with van der Waals surface area (Å²) in [5.74, 6) is -1.21. The van der Waals surface area contributed by atoms with Gasteiger partial charge in [-0.05, 0) is 31.0 Å². The highest BCUT2D eigenvalue weighted by Gasteiger charge is 2.28.